The molecule has 0 spiro atoms. The second kappa shape index (κ2) is 4.65. The van der Waals surface area contributed by atoms with Crippen molar-refractivity contribution in [3.8, 4) is 0 Å². The SMILES string of the molecule is Cn1nccc1CN1CCC(CC(=O)O)C1. The molecule has 1 unspecified atom stereocenters. The van der Waals surface area contributed by atoms with Crippen LogP contribution in [0.3, 0.4) is 0 Å². The molecule has 16 heavy (non-hydrogen) atoms. The van der Waals surface area contributed by atoms with E-state index in [-0.39, 0.29) is 0 Å². The molecule has 1 N–H and O–H groups in total. The van der Waals surface area contributed by atoms with Crippen molar-refractivity contribution < 1.29 is 9.90 Å². The van der Waals surface area contributed by atoms with E-state index in [0.29, 0.717) is 12.3 Å². The zero-order valence-corrected chi connectivity index (χ0v) is 9.46. The maximum atomic E-state index is 10.6. The van der Waals surface area contributed by atoms with Crippen LogP contribution in [0.1, 0.15) is 18.5 Å². The van der Waals surface area contributed by atoms with Crippen molar-refractivity contribution in [1.29, 1.82) is 0 Å². The predicted molar refractivity (Wildman–Crippen MR) is 58.8 cm³/mol. The van der Waals surface area contributed by atoms with Crippen molar-refractivity contribution in [2.45, 2.75) is 19.4 Å². The Balaban J connectivity index is 1.85. The molecule has 1 saturated heterocycles. The topological polar surface area (TPSA) is 58.4 Å². The first-order chi connectivity index (χ1) is 7.65. The average molecular weight is 223 g/mol. The van der Waals surface area contributed by atoms with Crippen molar-refractivity contribution in [3.63, 3.8) is 0 Å². The van der Waals surface area contributed by atoms with Crippen LogP contribution in [-0.4, -0.2) is 38.8 Å². The highest BCUT2D eigenvalue weighted by Crippen LogP contribution is 2.21. The molecular formula is C11H17N3O2. The fourth-order valence-corrected chi connectivity index (χ4v) is 2.26. The Morgan fingerprint density at radius 2 is 2.50 bits per heavy atom. The van der Waals surface area contributed by atoms with Crippen molar-refractivity contribution >= 4 is 5.97 Å². The lowest BCUT2D eigenvalue weighted by Crippen LogP contribution is -2.22. The zero-order chi connectivity index (χ0) is 11.5. The number of carboxylic acid groups (broad SMARTS) is 1. The summed E-state index contributed by atoms with van der Waals surface area (Å²) in [4.78, 5) is 12.9. The molecule has 1 aliphatic rings. The summed E-state index contributed by atoms with van der Waals surface area (Å²) in [7, 11) is 1.93. The molecule has 0 bridgehead atoms. The Bertz CT molecular complexity index is 375. The number of carbonyl (C=O) groups is 1. The highest BCUT2D eigenvalue weighted by molar-refractivity contribution is 5.67. The number of carboxylic acids is 1. The summed E-state index contributed by atoms with van der Waals surface area (Å²) in [6.07, 6.45) is 3.08. The smallest absolute Gasteiger partial charge is 0.303 e. The fraction of sp³-hybridized carbons (Fsp3) is 0.636. The summed E-state index contributed by atoms with van der Waals surface area (Å²) in [5.74, 6) is -0.377. The largest absolute Gasteiger partial charge is 0.481 e. The lowest BCUT2D eigenvalue weighted by molar-refractivity contribution is -0.138. The van der Waals surface area contributed by atoms with Gasteiger partial charge >= 0.3 is 5.97 Å². The molecule has 1 aromatic heterocycles. The standard InChI is InChI=1S/C11H17N3O2/c1-13-10(2-4-12-13)8-14-5-3-9(7-14)6-11(15)16/h2,4,9H,3,5-8H2,1H3,(H,15,16). The number of aryl methyl sites for hydroxylation is 1. The third-order valence-electron chi connectivity index (χ3n) is 3.14. The van der Waals surface area contributed by atoms with Crippen LogP contribution >= 0.6 is 0 Å². The Labute approximate surface area is 94.7 Å². The van der Waals surface area contributed by atoms with Crippen molar-refractivity contribution in [3.05, 3.63) is 18.0 Å². The van der Waals surface area contributed by atoms with Gasteiger partial charge < -0.3 is 5.11 Å². The van der Waals surface area contributed by atoms with E-state index >= 15 is 0 Å². The Kier molecular flexibility index (Phi) is 3.24. The minimum absolute atomic E-state index is 0.294. The number of nitrogens with zero attached hydrogens (tertiary/aromatic N) is 3. The Morgan fingerprint density at radius 3 is 3.12 bits per heavy atom. The average Bonchev–Trinajstić information content (AvgIpc) is 2.77. The molecule has 0 saturated carbocycles. The molecule has 0 amide bonds. The highest BCUT2D eigenvalue weighted by atomic mass is 16.4. The van der Waals surface area contributed by atoms with E-state index in [2.05, 4.69) is 10.00 Å². The second-order valence-corrected chi connectivity index (χ2v) is 4.43. The second-order valence-electron chi connectivity index (χ2n) is 4.43. The monoisotopic (exact) mass is 223 g/mol. The first kappa shape index (κ1) is 11.1. The van der Waals surface area contributed by atoms with Gasteiger partial charge in [0.15, 0.2) is 0 Å². The lowest BCUT2D eigenvalue weighted by atomic mass is 10.1. The molecule has 1 aliphatic heterocycles. The number of hydrogen-bond donors (Lipinski definition) is 1. The number of aromatic nitrogens is 2. The van der Waals surface area contributed by atoms with Crippen molar-refractivity contribution in [2.75, 3.05) is 13.1 Å². The summed E-state index contributed by atoms with van der Waals surface area (Å²) < 4.78 is 1.87. The quantitative estimate of drug-likeness (QED) is 0.817. The van der Waals surface area contributed by atoms with Crippen LogP contribution in [0.15, 0.2) is 12.3 Å². The third-order valence-corrected chi connectivity index (χ3v) is 3.14. The van der Waals surface area contributed by atoms with Crippen LogP contribution in [-0.2, 0) is 18.4 Å². The van der Waals surface area contributed by atoms with Crippen LogP contribution in [0.2, 0.25) is 0 Å². The van der Waals surface area contributed by atoms with E-state index in [9.17, 15) is 4.79 Å². The molecule has 0 aliphatic carbocycles. The highest BCUT2D eigenvalue weighted by Gasteiger charge is 2.24. The molecule has 2 rings (SSSR count). The van der Waals surface area contributed by atoms with Gasteiger partial charge in [0.1, 0.15) is 0 Å². The van der Waals surface area contributed by atoms with Gasteiger partial charge in [0.25, 0.3) is 0 Å². The van der Waals surface area contributed by atoms with Crippen LogP contribution < -0.4 is 0 Å². The van der Waals surface area contributed by atoms with E-state index < -0.39 is 5.97 Å². The molecule has 5 nitrogen and oxygen atoms in total. The van der Waals surface area contributed by atoms with Gasteiger partial charge in [0.05, 0.1) is 5.69 Å². The Hall–Kier alpha value is -1.36. The van der Waals surface area contributed by atoms with Crippen molar-refractivity contribution in [1.82, 2.24) is 14.7 Å². The third kappa shape index (κ3) is 2.61. The van der Waals surface area contributed by atoms with E-state index in [1.54, 1.807) is 6.20 Å². The molecule has 1 aromatic rings. The molecule has 0 radical (unpaired) electrons. The summed E-state index contributed by atoms with van der Waals surface area (Å²) in [6.45, 7) is 2.74. The van der Waals surface area contributed by atoms with Crippen LogP contribution in [0.4, 0.5) is 0 Å². The summed E-state index contributed by atoms with van der Waals surface area (Å²) >= 11 is 0. The first-order valence-corrected chi connectivity index (χ1v) is 5.56. The van der Waals surface area contributed by atoms with E-state index in [0.717, 1.165) is 26.1 Å². The van der Waals surface area contributed by atoms with Gasteiger partial charge in [-0.2, -0.15) is 5.10 Å². The fourth-order valence-electron chi connectivity index (χ4n) is 2.26. The number of rotatable bonds is 4. The predicted octanol–water partition coefficient (Wildman–Crippen LogP) is 0.717. The number of aliphatic carboxylic acids is 1. The van der Waals surface area contributed by atoms with Gasteiger partial charge in [0, 0.05) is 32.8 Å². The van der Waals surface area contributed by atoms with E-state index in [1.807, 2.05) is 17.8 Å². The summed E-state index contributed by atoms with van der Waals surface area (Å²) in [5, 5.41) is 12.9. The van der Waals surface area contributed by atoms with Crippen LogP contribution in [0, 0.1) is 5.92 Å². The van der Waals surface area contributed by atoms with Crippen molar-refractivity contribution in [2.24, 2.45) is 13.0 Å². The van der Waals surface area contributed by atoms with E-state index in [4.69, 9.17) is 5.11 Å². The number of hydrogen-bond acceptors (Lipinski definition) is 3. The minimum Gasteiger partial charge on any atom is -0.481 e. The Morgan fingerprint density at radius 1 is 1.69 bits per heavy atom. The minimum atomic E-state index is -0.688. The maximum Gasteiger partial charge on any atom is 0.303 e. The lowest BCUT2D eigenvalue weighted by Gasteiger charge is -2.15. The normalized spacial score (nSPS) is 21.4. The van der Waals surface area contributed by atoms with Gasteiger partial charge in [0.2, 0.25) is 0 Å². The molecular weight excluding hydrogens is 206 g/mol. The molecule has 1 fully saturated rings. The molecule has 0 aromatic carbocycles. The molecule has 88 valence electrons. The van der Waals surface area contributed by atoms with Gasteiger partial charge in [-0.1, -0.05) is 0 Å². The maximum absolute atomic E-state index is 10.6. The van der Waals surface area contributed by atoms with Gasteiger partial charge in [-0.25, -0.2) is 0 Å². The van der Waals surface area contributed by atoms with Gasteiger partial charge in [-0.3, -0.25) is 14.4 Å². The molecule has 1 atom stereocenters. The van der Waals surface area contributed by atoms with Gasteiger partial charge in [-0.15, -0.1) is 0 Å². The molecule has 5 heteroatoms. The van der Waals surface area contributed by atoms with Crippen LogP contribution in [0.5, 0.6) is 0 Å². The van der Waals surface area contributed by atoms with Gasteiger partial charge in [-0.05, 0) is 24.9 Å². The zero-order valence-electron chi connectivity index (χ0n) is 9.46. The first-order valence-electron chi connectivity index (χ1n) is 5.56. The molecule has 2 heterocycles. The van der Waals surface area contributed by atoms with Crippen LogP contribution in [0.25, 0.3) is 0 Å². The van der Waals surface area contributed by atoms with E-state index in [1.165, 1.54) is 5.69 Å². The summed E-state index contributed by atoms with van der Waals surface area (Å²) in [5.41, 5.74) is 1.18. The summed E-state index contributed by atoms with van der Waals surface area (Å²) in [6, 6.07) is 2.00. The number of likely N-dealkylation sites (tertiary alicyclic amines) is 1.